The van der Waals surface area contributed by atoms with E-state index < -0.39 is 15.1 Å². The third kappa shape index (κ3) is 3.31. The number of nitrogens with zero attached hydrogens (tertiary/aromatic N) is 2. The number of rotatable bonds is 5. The second kappa shape index (κ2) is 6.10. The molecule has 0 atom stereocenters. The molecule has 1 aromatic heterocycles. The van der Waals surface area contributed by atoms with Crippen molar-refractivity contribution >= 4 is 32.4 Å². The van der Waals surface area contributed by atoms with E-state index in [1.54, 1.807) is 30.1 Å². The quantitative estimate of drug-likeness (QED) is 0.845. The summed E-state index contributed by atoms with van der Waals surface area (Å²) in [6.45, 7) is 3.65. The normalized spacial score (nSPS) is 11.5. The van der Waals surface area contributed by atoms with E-state index in [4.69, 9.17) is 11.6 Å². The lowest BCUT2D eigenvalue weighted by molar-refractivity contribution is 0.108. The van der Waals surface area contributed by atoms with Crippen LogP contribution in [0.5, 0.6) is 0 Å². The summed E-state index contributed by atoms with van der Waals surface area (Å²) in [6, 6.07) is 2.95. The van der Waals surface area contributed by atoms with Crippen molar-refractivity contribution in [3.63, 3.8) is 0 Å². The van der Waals surface area contributed by atoms with Crippen LogP contribution in [0.2, 0.25) is 0 Å². The van der Waals surface area contributed by atoms with Gasteiger partial charge >= 0.3 is 0 Å². The fraction of sp³-hybridized carbons (Fsp3) is 0.286. The van der Waals surface area contributed by atoms with Crippen molar-refractivity contribution in [2.45, 2.75) is 25.2 Å². The molecule has 22 heavy (non-hydrogen) atoms. The lowest BCUT2D eigenvalue weighted by Gasteiger charge is -2.16. The van der Waals surface area contributed by atoms with Gasteiger partial charge in [-0.2, -0.15) is 0 Å². The minimum atomic E-state index is -3.54. The SMILES string of the molecule is CCc1cc(Nn2ccnc2C)c(S(C)(=O)=O)cc1C(=O)Cl. The van der Waals surface area contributed by atoms with Crippen LogP contribution in [0.3, 0.4) is 0 Å². The summed E-state index contributed by atoms with van der Waals surface area (Å²) in [5.74, 6) is 0.676. The van der Waals surface area contributed by atoms with Crippen molar-refractivity contribution in [2.75, 3.05) is 11.7 Å². The Balaban J connectivity index is 2.65. The fourth-order valence-electron chi connectivity index (χ4n) is 2.12. The van der Waals surface area contributed by atoms with Crippen molar-refractivity contribution in [1.29, 1.82) is 0 Å². The Labute approximate surface area is 134 Å². The zero-order valence-corrected chi connectivity index (χ0v) is 14.0. The van der Waals surface area contributed by atoms with Crippen LogP contribution in [-0.4, -0.2) is 29.6 Å². The smallest absolute Gasteiger partial charge is 0.252 e. The zero-order valence-electron chi connectivity index (χ0n) is 12.4. The highest BCUT2D eigenvalue weighted by Gasteiger charge is 2.20. The molecule has 0 aliphatic rings. The van der Waals surface area contributed by atoms with Gasteiger partial charge in [-0.1, -0.05) is 6.92 Å². The lowest BCUT2D eigenvalue weighted by Crippen LogP contribution is -2.14. The van der Waals surface area contributed by atoms with Crippen LogP contribution >= 0.6 is 11.6 Å². The van der Waals surface area contributed by atoms with Crippen molar-refractivity contribution in [1.82, 2.24) is 9.66 Å². The van der Waals surface area contributed by atoms with Gasteiger partial charge in [-0.05, 0) is 42.6 Å². The molecule has 8 heteroatoms. The summed E-state index contributed by atoms with van der Waals surface area (Å²) >= 11 is 5.56. The monoisotopic (exact) mass is 341 g/mol. The molecule has 2 rings (SSSR count). The Morgan fingerprint density at radius 3 is 2.55 bits per heavy atom. The topological polar surface area (TPSA) is 81.1 Å². The molecule has 0 saturated carbocycles. The summed E-state index contributed by atoms with van der Waals surface area (Å²) in [6.07, 6.45) is 4.91. The first kappa shape index (κ1) is 16.5. The molecule has 0 unspecified atom stereocenters. The van der Waals surface area contributed by atoms with Gasteiger partial charge in [-0.25, -0.2) is 18.1 Å². The molecule has 1 heterocycles. The number of carbonyl (C=O) groups is 1. The Morgan fingerprint density at radius 1 is 1.41 bits per heavy atom. The molecule has 0 aliphatic heterocycles. The molecule has 118 valence electrons. The van der Waals surface area contributed by atoms with Gasteiger partial charge in [0.05, 0.1) is 10.6 Å². The number of benzene rings is 1. The predicted molar refractivity (Wildman–Crippen MR) is 85.1 cm³/mol. The van der Waals surface area contributed by atoms with Crippen LogP contribution < -0.4 is 5.43 Å². The van der Waals surface area contributed by atoms with Gasteiger partial charge in [0.15, 0.2) is 9.84 Å². The Bertz CT molecular complexity index is 828. The van der Waals surface area contributed by atoms with Crippen molar-refractivity contribution in [2.24, 2.45) is 0 Å². The lowest BCUT2D eigenvalue weighted by atomic mass is 10.1. The minimum Gasteiger partial charge on any atom is -0.292 e. The van der Waals surface area contributed by atoms with E-state index in [1.807, 2.05) is 6.92 Å². The van der Waals surface area contributed by atoms with Crippen molar-refractivity contribution < 1.29 is 13.2 Å². The fourth-order valence-corrected chi connectivity index (χ4v) is 3.13. The summed E-state index contributed by atoms with van der Waals surface area (Å²) < 4.78 is 25.6. The standard InChI is InChI=1S/C14H16ClN3O3S/c1-4-10-7-12(17-18-6-5-16-9(18)2)13(22(3,20)21)8-11(10)14(15)19/h5-8,17H,4H2,1-3H3. The van der Waals surface area contributed by atoms with Gasteiger partial charge in [0.1, 0.15) is 5.82 Å². The summed E-state index contributed by atoms with van der Waals surface area (Å²) in [7, 11) is -3.54. The van der Waals surface area contributed by atoms with Gasteiger partial charge in [0.25, 0.3) is 5.24 Å². The number of carbonyl (C=O) groups excluding carboxylic acids is 1. The molecule has 1 N–H and O–H groups in total. The molecule has 0 radical (unpaired) electrons. The van der Waals surface area contributed by atoms with Gasteiger partial charge in [-0.15, -0.1) is 0 Å². The highest BCUT2D eigenvalue weighted by atomic mass is 35.5. The highest BCUT2D eigenvalue weighted by Crippen LogP contribution is 2.28. The first-order valence-electron chi connectivity index (χ1n) is 6.57. The molecule has 0 fully saturated rings. The average Bonchev–Trinajstić information content (AvgIpc) is 2.82. The number of nitrogens with one attached hydrogen (secondary N) is 1. The largest absolute Gasteiger partial charge is 0.292 e. The number of sulfone groups is 1. The van der Waals surface area contributed by atoms with Crippen molar-refractivity contribution in [3.8, 4) is 0 Å². The van der Waals surface area contributed by atoms with Gasteiger partial charge < -0.3 is 0 Å². The number of halogens is 1. The van der Waals surface area contributed by atoms with Gasteiger partial charge in [-0.3, -0.25) is 10.2 Å². The van der Waals surface area contributed by atoms with E-state index in [2.05, 4.69) is 10.4 Å². The predicted octanol–water partition coefficient (Wildman–Crippen LogP) is 2.41. The molecular formula is C14H16ClN3O3S. The molecule has 6 nitrogen and oxygen atoms in total. The number of aryl methyl sites for hydroxylation is 2. The van der Waals surface area contributed by atoms with Crippen LogP contribution in [0.25, 0.3) is 0 Å². The third-order valence-corrected chi connectivity index (χ3v) is 4.60. The van der Waals surface area contributed by atoms with E-state index in [1.165, 1.54) is 6.07 Å². The highest BCUT2D eigenvalue weighted by molar-refractivity contribution is 7.90. The molecular weight excluding hydrogens is 326 g/mol. The third-order valence-electron chi connectivity index (χ3n) is 3.26. The zero-order chi connectivity index (χ0) is 16.5. The molecule has 2 aromatic rings. The molecule has 0 amide bonds. The molecule has 1 aromatic carbocycles. The summed E-state index contributed by atoms with van der Waals surface area (Å²) in [5.41, 5.74) is 4.25. The van der Waals surface area contributed by atoms with Crippen molar-refractivity contribution in [3.05, 3.63) is 41.5 Å². The Morgan fingerprint density at radius 2 is 2.09 bits per heavy atom. The number of hydrogen-bond donors (Lipinski definition) is 1. The maximum atomic E-state index is 12.0. The van der Waals surface area contributed by atoms with E-state index in [0.29, 0.717) is 23.5 Å². The number of aromatic nitrogens is 2. The summed E-state index contributed by atoms with van der Waals surface area (Å²) in [4.78, 5) is 15.6. The number of imidazole rings is 1. The number of hydrogen-bond acceptors (Lipinski definition) is 5. The van der Waals surface area contributed by atoms with E-state index in [-0.39, 0.29) is 10.5 Å². The Hall–Kier alpha value is -1.86. The van der Waals surface area contributed by atoms with Crippen LogP contribution in [0.1, 0.15) is 28.7 Å². The number of anilines is 1. The van der Waals surface area contributed by atoms with Gasteiger partial charge in [0.2, 0.25) is 0 Å². The van der Waals surface area contributed by atoms with E-state index in [0.717, 1.165) is 6.26 Å². The molecule has 0 bridgehead atoms. The van der Waals surface area contributed by atoms with Crippen LogP contribution in [-0.2, 0) is 16.3 Å². The second-order valence-corrected chi connectivity index (χ2v) is 7.19. The minimum absolute atomic E-state index is 0.0156. The first-order chi connectivity index (χ1) is 10.2. The average molecular weight is 342 g/mol. The van der Waals surface area contributed by atoms with Crippen LogP contribution in [0.15, 0.2) is 29.4 Å². The molecule has 0 aliphatic carbocycles. The van der Waals surface area contributed by atoms with E-state index >= 15 is 0 Å². The van der Waals surface area contributed by atoms with E-state index in [9.17, 15) is 13.2 Å². The molecule has 0 saturated heterocycles. The van der Waals surface area contributed by atoms with Crippen LogP contribution in [0, 0.1) is 6.92 Å². The summed E-state index contributed by atoms with van der Waals surface area (Å²) in [5, 5.41) is -0.674. The maximum Gasteiger partial charge on any atom is 0.252 e. The first-order valence-corrected chi connectivity index (χ1v) is 8.84. The Kier molecular flexibility index (Phi) is 4.58. The molecule has 0 spiro atoms. The second-order valence-electron chi connectivity index (χ2n) is 4.86. The van der Waals surface area contributed by atoms with Crippen LogP contribution in [0.4, 0.5) is 5.69 Å². The van der Waals surface area contributed by atoms with Gasteiger partial charge in [0, 0.05) is 24.2 Å². The maximum absolute atomic E-state index is 12.0.